The van der Waals surface area contributed by atoms with Crippen LogP contribution in [0.4, 0.5) is 5.69 Å². The molecule has 2 aromatic rings. The smallest absolute Gasteiger partial charge is 0.293 e. The molecule has 4 rings (SSSR count). The van der Waals surface area contributed by atoms with Gasteiger partial charge in [-0.05, 0) is 36.3 Å². The highest BCUT2D eigenvalue weighted by Crippen LogP contribution is 2.47. The molecule has 0 saturated heterocycles. The highest BCUT2D eigenvalue weighted by molar-refractivity contribution is 6.31. The second kappa shape index (κ2) is 9.37. The fraction of sp³-hybridized carbons (Fsp3) is 0.250. The summed E-state index contributed by atoms with van der Waals surface area (Å²) in [5.74, 6) is 0. The second-order valence-electron chi connectivity index (χ2n) is 7.37. The lowest BCUT2D eigenvalue weighted by Crippen LogP contribution is -2.48. The van der Waals surface area contributed by atoms with Gasteiger partial charge in [-0.15, -0.1) is 0 Å². The number of rotatable bonds is 11. The number of para-hydroxylation sites is 1. The minimum atomic E-state index is -0.885. The second-order valence-corrected chi connectivity index (χ2v) is 7.77. The van der Waals surface area contributed by atoms with Gasteiger partial charge >= 0.3 is 0 Å². The summed E-state index contributed by atoms with van der Waals surface area (Å²) in [5.41, 5.74) is 2.55. The summed E-state index contributed by atoms with van der Waals surface area (Å²) in [6, 6.07) is 17.2. The molecular weight excluding hydrogens is 418 g/mol. The molecule has 0 fully saturated rings. The Hall–Kier alpha value is -3.09. The standard InChI is InChI=1S/C24H22ClNO5/c25-21-9-5-4-6-17(21)12-23(26-18-7-2-1-3-8-18)24-11-10-22(31-24)19(13-29-15-27)20(24)14-30-16-28/h1-11,15-16,22-23,26H,12-14H2. The fourth-order valence-electron chi connectivity index (χ4n) is 4.25. The number of carbonyl (C=O) groups excluding carboxylic acids is 2. The number of hydrogen-bond donors (Lipinski definition) is 1. The van der Waals surface area contributed by atoms with Crippen molar-refractivity contribution >= 4 is 30.2 Å². The third-order valence-electron chi connectivity index (χ3n) is 5.66. The molecule has 0 aliphatic carbocycles. The van der Waals surface area contributed by atoms with Crippen molar-refractivity contribution in [3.8, 4) is 0 Å². The molecule has 7 heteroatoms. The van der Waals surface area contributed by atoms with Crippen LogP contribution in [0.1, 0.15) is 5.56 Å². The first-order valence-electron chi connectivity index (χ1n) is 9.93. The van der Waals surface area contributed by atoms with Gasteiger partial charge in [0.1, 0.15) is 24.9 Å². The van der Waals surface area contributed by atoms with Crippen molar-refractivity contribution in [2.75, 3.05) is 18.5 Å². The lowest BCUT2D eigenvalue weighted by atomic mass is 9.79. The maximum absolute atomic E-state index is 11.0. The largest absolute Gasteiger partial charge is 0.463 e. The highest BCUT2D eigenvalue weighted by Gasteiger charge is 2.53. The quantitative estimate of drug-likeness (QED) is 0.425. The molecule has 2 aliphatic rings. The van der Waals surface area contributed by atoms with Gasteiger partial charge in [-0.25, -0.2) is 0 Å². The zero-order valence-electron chi connectivity index (χ0n) is 16.7. The van der Waals surface area contributed by atoms with Gasteiger partial charge in [-0.1, -0.05) is 54.1 Å². The lowest BCUT2D eigenvalue weighted by molar-refractivity contribution is -0.129. The molecule has 31 heavy (non-hydrogen) atoms. The topological polar surface area (TPSA) is 73.9 Å². The van der Waals surface area contributed by atoms with Crippen molar-refractivity contribution in [2.45, 2.75) is 24.2 Å². The minimum absolute atomic E-state index is 0.0391. The zero-order valence-corrected chi connectivity index (χ0v) is 17.5. The molecule has 3 unspecified atom stereocenters. The lowest BCUT2D eigenvalue weighted by Gasteiger charge is -2.37. The summed E-state index contributed by atoms with van der Waals surface area (Å²) in [4.78, 5) is 21.8. The van der Waals surface area contributed by atoms with E-state index in [4.69, 9.17) is 25.8 Å². The Morgan fingerprint density at radius 2 is 1.74 bits per heavy atom. The minimum Gasteiger partial charge on any atom is -0.463 e. The van der Waals surface area contributed by atoms with E-state index in [1.54, 1.807) is 0 Å². The summed E-state index contributed by atoms with van der Waals surface area (Å²) in [5, 5.41) is 4.24. The molecule has 0 saturated carbocycles. The van der Waals surface area contributed by atoms with E-state index in [0.29, 0.717) is 24.4 Å². The third kappa shape index (κ3) is 4.22. The van der Waals surface area contributed by atoms with Crippen molar-refractivity contribution < 1.29 is 23.8 Å². The number of fused-ring (bicyclic) bond motifs is 2. The first kappa shape index (κ1) is 21.2. The molecule has 3 atom stereocenters. The van der Waals surface area contributed by atoms with E-state index in [1.165, 1.54) is 0 Å². The Morgan fingerprint density at radius 3 is 2.48 bits per heavy atom. The summed E-state index contributed by atoms with van der Waals surface area (Å²) in [6.07, 6.45) is 4.14. The number of benzene rings is 2. The molecule has 2 aliphatic heterocycles. The number of hydrogen-bond acceptors (Lipinski definition) is 6. The van der Waals surface area contributed by atoms with Crippen molar-refractivity contribution in [3.63, 3.8) is 0 Å². The molecule has 2 bridgehead atoms. The maximum atomic E-state index is 11.0. The van der Waals surface area contributed by atoms with Gasteiger partial charge < -0.3 is 19.5 Å². The summed E-state index contributed by atoms with van der Waals surface area (Å²) < 4.78 is 16.6. The number of carbonyl (C=O) groups is 2. The van der Waals surface area contributed by atoms with Gasteiger partial charge in [0.05, 0.1) is 6.04 Å². The molecule has 0 radical (unpaired) electrons. The number of halogens is 1. The Morgan fingerprint density at radius 1 is 1.03 bits per heavy atom. The molecule has 1 N–H and O–H groups in total. The highest BCUT2D eigenvalue weighted by atomic mass is 35.5. The van der Waals surface area contributed by atoms with Crippen LogP contribution < -0.4 is 5.32 Å². The van der Waals surface area contributed by atoms with Crippen LogP contribution in [0.25, 0.3) is 0 Å². The maximum Gasteiger partial charge on any atom is 0.293 e. The van der Waals surface area contributed by atoms with Crippen LogP contribution in [-0.4, -0.2) is 43.9 Å². The van der Waals surface area contributed by atoms with Crippen molar-refractivity contribution in [2.24, 2.45) is 0 Å². The summed E-state index contributed by atoms with van der Waals surface area (Å²) in [6.45, 7) is 0.915. The van der Waals surface area contributed by atoms with Crippen LogP contribution in [0.15, 0.2) is 77.9 Å². The van der Waals surface area contributed by atoms with E-state index >= 15 is 0 Å². The van der Waals surface area contributed by atoms with E-state index in [1.807, 2.05) is 66.7 Å². The zero-order chi connectivity index (χ0) is 21.7. The van der Waals surface area contributed by atoms with Crippen LogP contribution in [0.5, 0.6) is 0 Å². The monoisotopic (exact) mass is 439 g/mol. The first-order valence-corrected chi connectivity index (χ1v) is 10.3. The van der Waals surface area contributed by atoms with Crippen LogP contribution >= 0.6 is 11.6 Å². The van der Waals surface area contributed by atoms with E-state index in [0.717, 1.165) is 22.4 Å². The van der Waals surface area contributed by atoms with Gasteiger partial charge in [0.2, 0.25) is 0 Å². The Labute approximate surface area is 185 Å². The van der Waals surface area contributed by atoms with Gasteiger partial charge in [-0.2, -0.15) is 0 Å². The number of anilines is 1. The van der Waals surface area contributed by atoms with Gasteiger partial charge in [0, 0.05) is 21.9 Å². The molecule has 160 valence electrons. The van der Waals surface area contributed by atoms with E-state index < -0.39 is 5.60 Å². The number of nitrogens with one attached hydrogen (secondary N) is 1. The average molecular weight is 440 g/mol. The third-order valence-corrected chi connectivity index (χ3v) is 6.03. The molecule has 0 aromatic heterocycles. The Balaban J connectivity index is 1.75. The SMILES string of the molecule is O=COCC1=C(COC=O)C2(C(Cc3ccccc3Cl)Nc3ccccc3)C=CC1O2. The van der Waals surface area contributed by atoms with Crippen LogP contribution in [-0.2, 0) is 30.2 Å². The predicted molar refractivity (Wildman–Crippen MR) is 117 cm³/mol. The van der Waals surface area contributed by atoms with Crippen LogP contribution in [0, 0.1) is 0 Å². The fourth-order valence-corrected chi connectivity index (χ4v) is 4.47. The van der Waals surface area contributed by atoms with Crippen molar-refractivity contribution in [3.05, 3.63) is 88.5 Å². The van der Waals surface area contributed by atoms with E-state index in [9.17, 15) is 9.59 Å². The Bertz CT molecular complexity index is 1010. The number of ether oxygens (including phenoxy) is 3. The van der Waals surface area contributed by atoms with Gasteiger partial charge in [-0.3, -0.25) is 9.59 Å². The van der Waals surface area contributed by atoms with Gasteiger partial charge in [0.15, 0.2) is 0 Å². The van der Waals surface area contributed by atoms with Crippen molar-refractivity contribution in [1.29, 1.82) is 0 Å². The first-order chi connectivity index (χ1) is 15.2. The molecular formula is C24H22ClNO5. The van der Waals surface area contributed by atoms with E-state index in [2.05, 4.69) is 5.32 Å². The molecule has 0 amide bonds. The average Bonchev–Trinajstić information content (AvgIpc) is 3.36. The van der Waals surface area contributed by atoms with Crippen molar-refractivity contribution in [1.82, 2.24) is 0 Å². The predicted octanol–water partition coefficient (Wildman–Crippen LogP) is 3.71. The Kier molecular flexibility index (Phi) is 6.39. The molecule has 6 nitrogen and oxygen atoms in total. The molecule has 0 spiro atoms. The normalized spacial score (nSPS) is 22.3. The van der Waals surface area contributed by atoms with E-state index in [-0.39, 0.29) is 25.4 Å². The molecule has 2 aromatic carbocycles. The summed E-state index contributed by atoms with van der Waals surface area (Å²) >= 11 is 6.47. The van der Waals surface area contributed by atoms with Crippen LogP contribution in [0.3, 0.4) is 0 Å². The molecule has 2 heterocycles. The van der Waals surface area contributed by atoms with Crippen LogP contribution in [0.2, 0.25) is 5.02 Å². The van der Waals surface area contributed by atoms with Gasteiger partial charge in [0.25, 0.3) is 12.9 Å². The summed E-state index contributed by atoms with van der Waals surface area (Å²) in [7, 11) is 0.